The molecule has 1 fully saturated rings. The lowest BCUT2D eigenvalue weighted by atomic mass is 9.90. The highest BCUT2D eigenvalue weighted by Crippen LogP contribution is 2.30. The summed E-state index contributed by atoms with van der Waals surface area (Å²) in [5, 5.41) is 3.57. The second kappa shape index (κ2) is 8.46. The predicted molar refractivity (Wildman–Crippen MR) is 115 cm³/mol. The Labute approximate surface area is 177 Å². The van der Waals surface area contributed by atoms with E-state index in [2.05, 4.69) is 11.4 Å². The van der Waals surface area contributed by atoms with Crippen LogP contribution < -0.4 is 5.32 Å². The molecule has 154 valence electrons. The maximum atomic E-state index is 13.0. The van der Waals surface area contributed by atoms with Gasteiger partial charge in [0.25, 0.3) is 0 Å². The molecule has 2 aromatic carbocycles. The lowest BCUT2D eigenvalue weighted by Crippen LogP contribution is -2.43. The number of fused-ring (bicyclic) bond motifs is 1. The van der Waals surface area contributed by atoms with E-state index in [0.717, 1.165) is 24.9 Å². The van der Waals surface area contributed by atoms with Gasteiger partial charge in [-0.05, 0) is 80.0 Å². The van der Waals surface area contributed by atoms with Crippen LogP contribution in [0.5, 0.6) is 0 Å². The summed E-state index contributed by atoms with van der Waals surface area (Å²) in [6.45, 7) is 0.626. The standard InChI is InChI=1S/C22H25ClN2O3S/c23-18-10-12-19(13-11-18)29(27,28)25-14-4-7-17(15-25)22(26)24-21-9-3-6-16-5-1-2-8-20(16)21/h3,6,9-13,17H,1-2,4-5,7-8,14-15H2,(H,24,26)/t17-/m1/s1. The van der Waals surface area contributed by atoms with Gasteiger partial charge >= 0.3 is 0 Å². The SMILES string of the molecule is O=C(Nc1cccc2c1CCCC2)[C@@H]1CCCN(S(=O)(=O)c2ccc(Cl)cc2)C1. The average molecular weight is 433 g/mol. The van der Waals surface area contributed by atoms with E-state index >= 15 is 0 Å². The fourth-order valence-corrected chi connectivity index (χ4v) is 5.91. The van der Waals surface area contributed by atoms with Crippen LogP contribution in [0.4, 0.5) is 5.69 Å². The third-order valence-electron chi connectivity index (χ3n) is 5.86. The summed E-state index contributed by atoms with van der Waals surface area (Å²) in [6.07, 6.45) is 5.70. The minimum atomic E-state index is -3.64. The smallest absolute Gasteiger partial charge is 0.243 e. The number of amides is 1. The topological polar surface area (TPSA) is 66.5 Å². The molecule has 5 nitrogen and oxygen atoms in total. The number of rotatable bonds is 4. The monoisotopic (exact) mass is 432 g/mol. The Hall–Kier alpha value is -1.89. The number of nitrogens with zero attached hydrogens (tertiary/aromatic N) is 1. The molecule has 0 unspecified atom stereocenters. The van der Waals surface area contributed by atoms with Gasteiger partial charge in [0.05, 0.1) is 10.8 Å². The van der Waals surface area contributed by atoms with Crippen molar-refractivity contribution < 1.29 is 13.2 Å². The number of hydrogen-bond acceptors (Lipinski definition) is 3. The molecule has 1 saturated heterocycles. The number of benzene rings is 2. The average Bonchev–Trinajstić information content (AvgIpc) is 2.74. The summed E-state index contributed by atoms with van der Waals surface area (Å²) in [5.41, 5.74) is 3.42. The maximum absolute atomic E-state index is 13.0. The quantitative estimate of drug-likeness (QED) is 0.784. The van der Waals surface area contributed by atoms with Crippen LogP contribution in [-0.2, 0) is 27.7 Å². The van der Waals surface area contributed by atoms with Gasteiger partial charge in [-0.1, -0.05) is 23.7 Å². The molecule has 0 saturated carbocycles. The van der Waals surface area contributed by atoms with E-state index in [0.29, 0.717) is 24.4 Å². The maximum Gasteiger partial charge on any atom is 0.243 e. The van der Waals surface area contributed by atoms with Crippen molar-refractivity contribution in [2.24, 2.45) is 5.92 Å². The van der Waals surface area contributed by atoms with Gasteiger partial charge in [0.15, 0.2) is 0 Å². The molecule has 7 heteroatoms. The largest absolute Gasteiger partial charge is 0.326 e. The number of nitrogens with one attached hydrogen (secondary N) is 1. The Morgan fingerprint density at radius 2 is 1.79 bits per heavy atom. The van der Waals surface area contributed by atoms with E-state index in [4.69, 9.17) is 11.6 Å². The molecule has 1 heterocycles. The zero-order valence-corrected chi connectivity index (χ0v) is 17.8. The molecule has 2 aliphatic rings. The van der Waals surface area contributed by atoms with Crippen molar-refractivity contribution in [1.29, 1.82) is 0 Å². The first-order chi connectivity index (χ1) is 13.9. The normalized spacial score (nSPS) is 20.1. The summed E-state index contributed by atoms with van der Waals surface area (Å²) in [6, 6.07) is 12.2. The number of sulfonamides is 1. The Morgan fingerprint density at radius 3 is 2.59 bits per heavy atom. The van der Waals surface area contributed by atoms with Crippen molar-refractivity contribution >= 4 is 33.2 Å². The van der Waals surface area contributed by atoms with Crippen molar-refractivity contribution in [2.45, 2.75) is 43.4 Å². The summed E-state index contributed by atoms with van der Waals surface area (Å²) in [4.78, 5) is 13.2. The van der Waals surface area contributed by atoms with Gasteiger partial charge in [0.1, 0.15) is 0 Å². The number of anilines is 1. The first-order valence-corrected chi connectivity index (χ1v) is 11.9. The van der Waals surface area contributed by atoms with Gasteiger partial charge in [-0.2, -0.15) is 4.31 Å². The molecule has 4 rings (SSSR count). The summed E-state index contributed by atoms with van der Waals surface area (Å²) in [7, 11) is -3.64. The van der Waals surface area contributed by atoms with Gasteiger partial charge in [0.2, 0.25) is 15.9 Å². The van der Waals surface area contributed by atoms with Crippen LogP contribution >= 0.6 is 11.6 Å². The Morgan fingerprint density at radius 1 is 1.03 bits per heavy atom. The number of halogens is 1. The third kappa shape index (κ3) is 4.34. The van der Waals surface area contributed by atoms with Gasteiger partial charge in [-0.3, -0.25) is 4.79 Å². The van der Waals surface area contributed by atoms with Crippen molar-refractivity contribution in [2.75, 3.05) is 18.4 Å². The number of carbonyl (C=O) groups excluding carboxylic acids is 1. The van der Waals surface area contributed by atoms with Gasteiger partial charge in [-0.15, -0.1) is 0 Å². The van der Waals surface area contributed by atoms with E-state index in [1.165, 1.54) is 34.0 Å². The van der Waals surface area contributed by atoms with E-state index in [9.17, 15) is 13.2 Å². The van der Waals surface area contributed by atoms with Gasteiger partial charge in [0, 0.05) is 23.8 Å². The molecular formula is C22H25ClN2O3S. The number of piperidine rings is 1. The van der Waals surface area contributed by atoms with Crippen molar-refractivity contribution in [3.63, 3.8) is 0 Å². The molecular weight excluding hydrogens is 408 g/mol. The van der Waals surface area contributed by atoms with Gasteiger partial charge < -0.3 is 5.32 Å². The molecule has 0 spiro atoms. The highest BCUT2D eigenvalue weighted by atomic mass is 35.5. The number of carbonyl (C=O) groups is 1. The van der Waals surface area contributed by atoms with Crippen molar-refractivity contribution in [3.05, 3.63) is 58.6 Å². The Bertz CT molecular complexity index is 1010. The van der Waals surface area contributed by atoms with Crippen molar-refractivity contribution in [3.8, 4) is 0 Å². The molecule has 2 aromatic rings. The minimum absolute atomic E-state index is 0.0972. The molecule has 1 aliphatic carbocycles. The first-order valence-electron chi connectivity index (χ1n) is 10.1. The van der Waals surface area contributed by atoms with E-state index in [1.54, 1.807) is 12.1 Å². The number of aryl methyl sites for hydroxylation is 1. The molecule has 1 aliphatic heterocycles. The van der Waals surface area contributed by atoms with Crippen LogP contribution in [0.3, 0.4) is 0 Å². The van der Waals surface area contributed by atoms with E-state index in [1.807, 2.05) is 12.1 Å². The second-order valence-electron chi connectivity index (χ2n) is 7.80. The predicted octanol–water partition coefficient (Wildman–Crippen LogP) is 4.26. The van der Waals surface area contributed by atoms with E-state index in [-0.39, 0.29) is 23.3 Å². The molecule has 1 amide bonds. The lowest BCUT2D eigenvalue weighted by Gasteiger charge is -2.31. The fraction of sp³-hybridized carbons (Fsp3) is 0.409. The first kappa shape index (κ1) is 20.4. The summed E-state index contributed by atoms with van der Waals surface area (Å²) >= 11 is 5.88. The van der Waals surface area contributed by atoms with Crippen LogP contribution in [0, 0.1) is 5.92 Å². The van der Waals surface area contributed by atoms with Crippen LogP contribution in [0.2, 0.25) is 5.02 Å². The summed E-state index contributed by atoms with van der Waals surface area (Å²) in [5.74, 6) is -0.453. The van der Waals surface area contributed by atoms with Crippen LogP contribution in [0.25, 0.3) is 0 Å². The number of hydrogen-bond donors (Lipinski definition) is 1. The Kier molecular flexibility index (Phi) is 5.95. The molecule has 0 aromatic heterocycles. The minimum Gasteiger partial charge on any atom is -0.326 e. The third-order valence-corrected chi connectivity index (χ3v) is 7.99. The fourth-order valence-electron chi connectivity index (χ4n) is 4.26. The van der Waals surface area contributed by atoms with E-state index < -0.39 is 10.0 Å². The summed E-state index contributed by atoms with van der Waals surface area (Å²) < 4.78 is 27.4. The Balaban J connectivity index is 1.48. The highest BCUT2D eigenvalue weighted by molar-refractivity contribution is 7.89. The molecule has 0 radical (unpaired) electrons. The molecule has 1 atom stereocenters. The van der Waals surface area contributed by atoms with Crippen LogP contribution in [-0.4, -0.2) is 31.7 Å². The molecule has 29 heavy (non-hydrogen) atoms. The van der Waals surface area contributed by atoms with Crippen molar-refractivity contribution in [1.82, 2.24) is 4.31 Å². The zero-order valence-electron chi connectivity index (χ0n) is 16.2. The van der Waals surface area contributed by atoms with Crippen LogP contribution in [0.1, 0.15) is 36.8 Å². The molecule has 1 N–H and O–H groups in total. The highest BCUT2D eigenvalue weighted by Gasteiger charge is 2.33. The zero-order chi connectivity index (χ0) is 20.4. The second-order valence-corrected chi connectivity index (χ2v) is 10.2. The van der Waals surface area contributed by atoms with Crippen LogP contribution in [0.15, 0.2) is 47.4 Å². The molecule has 0 bridgehead atoms. The lowest BCUT2D eigenvalue weighted by molar-refractivity contribution is -0.120. The van der Waals surface area contributed by atoms with Gasteiger partial charge in [-0.25, -0.2) is 8.42 Å².